The topological polar surface area (TPSA) is 49.4 Å². The van der Waals surface area contributed by atoms with Gasteiger partial charge in [0.1, 0.15) is 12.1 Å². The molecule has 2 amide bonds. The largest absolute Gasteiger partial charge is 0.342 e. The lowest BCUT2D eigenvalue weighted by Gasteiger charge is -2.44. The van der Waals surface area contributed by atoms with Crippen molar-refractivity contribution in [3.05, 3.63) is 0 Å². The van der Waals surface area contributed by atoms with E-state index in [-0.39, 0.29) is 29.3 Å². The minimum atomic E-state index is -0.361. The first-order valence-electron chi connectivity index (χ1n) is 6.92. The van der Waals surface area contributed by atoms with Crippen LogP contribution in [0, 0.1) is 5.41 Å². The Labute approximate surface area is 120 Å². The maximum atomic E-state index is 12.5. The zero-order chi connectivity index (χ0) is 14.6. The van der Waals surface area contributed by atoms with Gasteiger partial charge in [-0.15, -0.1) is 0 Å². The Kier molecular flexibility index (Phi) is 5.71. The van der Waals surface area contributed by atoms with E-state index in [4.69, 9.17) is 0 Å². The van der Waals surface area contributed by atoms with E-state index >= 15 is 0 Å². The van der Waals surface area contributed by atoms with Crippen LogP contribution in [0.5, 0.6) is 0 Å². The standard InChI is InChI=1S/C14H26N2O2S/c1-6-7-10-13(18)16(8-9-19-5)11(12(17)15-10)14(2,3)4/h10-11H,6-9H2,1-5H3,(H,15,17). The van der Waals surface area contributed by atoms with Crippen molar-refractivity contribution < 1.29 is 9.59 Å². The van der Waals surface area contributed by atoms with Crippen molar-refractivity contribution in [3.63, 3.8) is 0 Å². The molecule has 1 aliphatic heterocycles. The van der Waals surface area contributed by atoms with Gasteiger partial charge in [0.15, 0.2) is 0 Å². The number of rotatable bonds is 5. The third kappa shape index (κ3) is 3.88. The van der Waals surface area contributed by atoms with Gasteiger partial charge in [0.05, 0.1) is 0 Å². The molecule has 0 spiro atoms. The van der Waals surface area contributed by atoms with Gasteiger partial charge in [-0.1, -0.05) is 34.1 Å². The number of carbonyl (C=O) groups excluding carboxylic acids is 2. The van der Waals surface area contributed by atoms with Gasteiger partial charge in [-0.05, 0) is 18.1 Å². The van der Waals surface area contributed by atoms with Crippen LogP contribution in [-0.2, 0) is 9.59 Å². The molecule has 0 aromatic carbocycles. The van der Waals surface area contributed by atoms with Crippen LogP contribution in [0.3, 0.4) is 0 Å². The van der Waals surface area contributed by atoms with Gasteiger partial charge >= 0.3 is 0 Å². The highest BCUT2D eigenvalue weighted by molar-refractivity contribution is 7.98. The molecule has 1 aliphatic rings. The third-order valence-electron chi connectivity index (χ3n) is 3.39. The van der Waals surface area contributed by atoms with Gasteiger partial charge in [-0.3, -0.25) is 9.59 Å². The molecule has 0 radical (unpaired) electrons. The Hall–Kier alpha value is -0.710. The average molecular weight is 286 g/mol. The highest BCUT2D eigenvalue weighted by atomic mass is 32.2. The Bertz CT molecular complexity index is 339. The average Bonchev–Trinajstić information content (AvgIpc) is 2.30. The minimum Gasteiger partial charge on any atom is -0.342 e. The number of hydrogen-bond acceptors (Lipinski definition) is 3. The molecule has 0 aliphatic carbocycles. The number of carbonyl (C=O) groups is 2. The van der Waals surface area contributed by atoms with Crippen molar-refractivity contribution in [2.75, 3.05) is 18.6 Å². The van der Waals surface area contributed by atoms with Crippen LogP contribution in [0.15, 0.2) is 0 Å². The number of nitrogens with one attached hydrogen (secondary N) is 1. The highest BCUT2D eigenvalue weighted by Crippen LogP contribution is 2.28. The van der Waals surface area contributed by atoms with E-state index in [1.165, 1.54) is 0 Å². The summed E-state index contributed by atoms with van der Waals surface area (Å²) in [7, 11) is 0. The van der Waals surface area contributed by atoms with Crippen LogP contribution in [0.2, 0.25) is 0 Å². The zero-order valence-corrected chi connectivity index (χ0v) is 13.5. The predicted octanol–water partition coefficient (Wildman–Crippen LogP) is 1.89. The molecule has 1 heterocycles. The van der Waals surface area contributed by atoms with Gasteiger partial charge in [0.25, 0.3) is 0 Å². The Morgan fingerprint density at radius 1 is 1.32 bits per heavy atom. The van der Waals surface area contributed by atoms with E-state index in [1.807, 2.05) is 34.0 Å². The maximum absolute atomic E-state index is 12.5. The summed E-state index contributed by atoms with van der Waals surface area (Å²) in [6.45, 7) is 8.71. The van der Waals surface area contributed by atoms with Gasteiger partial charge in [0, 0.05) is 12.3 Å². The fraction of sp³-hybridized carbons (Fsp3) is 0.857. The molecule has 2 atom stereocenters. The molecular formula is C14H26N2O2S. The van der Waals surface area contributed by atoms with Crippen molar-refractivity contribution >= 4 is 23.6 Å². The van der Waals surface area contributed by atoms with E-state index in [9.17, 15) is 9.59 Å². The quantitative estimate of drug-likeness (QED) is 0.839. The van der Waals surface area contributed by atoms with Gasteiger partial charge in [0.2, 0.25) is 11.8 Å². The van der Waals surface area contributed by atoms with E-state index in [2.05, 4.69) is 5.32 Å². The molecule has 0 bridgehead atoms. The first kappa shape index (κ1) is 16.3. The summed E-state index contributed by atoms with van der Waals surface area (Å²) in [5.74, 6) is 0.937. The molecule has 2 unspecified atom stereocenters. The monoisotopic (exact) mass is 286 g/mol. The molecule has 1 N–H and O–H groups in total. The molecule has 1 rings (SSSR count). The maximum Gasteiger partial charge on any atom is 0.245 e. The summed E-state index contributed by atoms with van der Waals surface area (Å²) in [6.07, 6.45) is 3.63. The van der Waals surface area contributed by atoms with Crippen LogP contribution < -0.4 is 5.32 Å². The Morgan fingerprint density at radius 2 is 1.95 bits per heavy atom. The van der Waals surface area contributed by atoms with Gasteiger partial charge in [-0.25, -0.2) is 0 Å². The lowest BCUT2D eigenvalue weighted by atomic mass is 9.83. The summed E-state index contributed by atoms with van der Waals surface area (Å²) < 4.78 is 0. The molecule has 19 heavy (non-hydrogen) atoms. The lowest BCUT2D eigenvalue weighted by molar-refractivity contribution is -0.153. The van der Waals surface area contributed by atoms with Gasteiger partial charge in [-0.2, -0.15) is 11.8 Å². The third-order valence-corrected chi connectivity index (χ3v) is 3.98. The molecule has 0 aromatic heterocycles. The van der Waals surface area contributed by atoms with E-state index in [0.29, 0.717) is 6.54 Å². The second kappa shape index (κ2) is 6.64. The van der Waals surface area contributed by atoms with Gasteiger partial charge < -0.3 is 10.2 Å². The van der Waals surface area contributed by atoms with Crippen molar-refractivity contribution in [3.8, 4) is 0 Å². The number of amides is 2. The first-order valence-corrected chi connectivity index (χ1v) is 8.32. The number of nitrogens with zero attached hydrogens (tertiary/aromatic N) is 1. The molecule has 5 heteroatoms. The smallest absolute Gasteiger partial charge is 0.245 e. The second-order valence-electron chi connectivity index (χ2n) is 6.14. The summed E-state index contributed by atoms with van der Waals surface area (Å²) in [4.78, 5) is 26.6. The number of thioether (sulfide) groups is 1. The van der Waals surface area contributed by atoms with Crippen LogP contribution in [-0.4, -0.2) is 47.4 Å². The molecule has 1 fully saturated rings. The summed E-state index contributed by atoms with van der Waals surface area (Å²) >= 11 is 1.70. The predicted molar refractivity (Wildman–Crippen MR) is 80.2 cm³/mol. The highest BCUT2D eigenvalue weighted by Gasteiger charge is 2.45. The number of hydrogen-bond donors (Lipinski definition) is 1. The molecule has 4 nitrogen and oxygen atoms in total. The Balaban J connectivity index is 2.96. The van der Waals surface area contributed by atoms with E-state index in [1.54, 1.807) is 16.7 Å². The second-order valence-corrected chi connectivity index (χ2v) is 7.13. The molecule has 0 saturated carbocycles. The van der Waals surface area contributed by atoms with Crippen LogP contribution in [0.1, 0.15) is 40.5 Å². The van der Waals surface area contributed by atoms with E-state index < -0.39 is 0 Å². The molecule has 110 valence electrons. The first-order chi connectivity index (χ1) is 8.82. The fourth-order valence-corrected chi connectivity index (χ4v) is 2.93. The normalized spacial score (nSPS) is 24.6. The van der Waals surface area contributed by atoms with E-state index in [0.717, 1.165) is 18.6 Å². The van der Waals surface area contributed by atoms with Crippen molar-refractivity contribution in [2.45, 2.75) is 52.6 Å². The summed E-state index contributed by atoms with van der Waals surface area (Å²) in [5.41, 5.74) is -0.241. The fourth-order valence-electron chi connectivity index (χ4n) is 2.56. The summed E-state index contributed by atoms with van der Waals surface area (Å²) in [5, 5.41) is 2.89. The van der Waals surface area contributed by atoms with Crippen molar-refractivity contribution in [2.24, 2.45) is 5.41 Å². The SMILES string of the molecule is CCCC1NC(=O)C(C(C)(C)C)N(CCSC)C1=O. The molecular weight excluding hydrogens is 260 g/mol. The van der Waals surface area contributed by atoms with Crippen LogP contribution in [0.25, 0.3) is 0 Å². The van der Waals surface area contributed by atoms with Crippen molar-refractivity contribution in [1.82, 2.24) is 10.2 Å². The van der Waals surface area contributed by atoms with Crippen LogP contribution >= 0.6 is 11.8 Å². The molecule has 0 aromatic rings. The molecule has 1 saturated heterocycles. The zero-order valence-electron chi connectivity index (χ0n) is 12.7. The minimum absolute atomic E-state index is 0.00773. The summed E-state index contributed by atoms with van der Waals surface area (Å²) in [6, 6.07) is -0.696. The van der Waals surface area contributed by atoms with Crippen LogP contribution in [0.4, 0.5) is 0 Å². The van der Waals surface area contributed by atoms with Crippen molar-refractivity contribution in [1.29, 1.82) is 0 Å². The number of piperazine rings is 1. The Morgan fingerprint density at radius 3 is 2.42 bits per heavy atom. The lowest BCUT2D eigenvalue weighted by Crippen LogP contribution is -2.66.